The van der Waals surface area contributed by atoms with Gasteiger partial charge in [0.25, 0.3) is 0 Å². The van der Waals surface area contributed by atoms with E-state index in [9.17, 15) is 26.7 Å². The molecule has 2 unspecified atom stereocenters. The van der Waals surface area contributed by atoms with Crippen LogP contribution < -0.4 is 0 Å². The molecule has 0 rings (SSSR count). The van der Waals surface area contributed by atoms with Gasteiger partial charge in [-0.25, -0.2) is 8.78 Å². The van der Waals surface area contributed by atoms with E-state index in [1.54, 1.807) is 6.92 Å². The zero-order chi connectivity index (χ0) is 13.5. The quantitative estimate of drug-likeness (QED) is 0.653. The number of hydrogen-bond donors (Lipinski definition) is 0. The summed E-state index contributed by atoms with van der Waals surface area (Å²) in [5.74, 6) is 0.219. The van der Waals surface area contributed by atoms with Crippen molar-refractivity contribution in [2.45, 2.75) is 51.1 Å². The summed E-state index contributed by atoms with van der Waals surface area (Å²) < 4.78 is 60.7. The van der Waals surface area contributed by atoms with Crippen molar-refractivity contribution in [2.24, 2.45) is 0 Å². The van der Waals surface area contributed by atoms with Crippen LogP contribution in [-0.4, -0.2) is 29.4 Å². The molecule has 0 aromatic carbocycles. The van der Waals surface area contributed by atoms with E-state index in [4.69, 9.17) is 0 Å². The normalized spacial score (nSPS) is 15.6. The molecule has 0 aliphatic carbocycles. The molecule has 0 radical (unpaired) electrons. The largest absolute Gasteiger partial charge is 0.419 e. The van der Waals surface area contributed by atoms with Crippen molar-refractivity contribution < 1.29 is 26.7 Å². The summed E-state index contributed by atoms with van der Waals surface area (Å²) in [5.41, 5.74) is 0. The average molecular weight is 278 g/mol. The fraction of sp³-hybridized carbons (Fsp3) is 0.900. The highest BCUT2D eigenvalue weighted by atomic mass is 32.2. The van der Waals surface area contributed by atoms with Gasteiger partial charge in [-0.2, -0.15) is 13.2 Å². The first kappa shape index (κ1) is 16.7. The summed E-state index contributed by atoms with van der Waals surface area (Å²) in [4.78, 5) is 10.8. The first-order valence-electron chi connectivity index (χ1n) is 5.27. The molecule has 0 N–H and O–H groups in total. The van der Waals surface area contributed by atoms with Crippen molar-refractivity contribution in [1.29, 1.82) is 0 Å². The van der Waals surface area contributed by atoms with Crippen LogP contribution in [0.1, 0.15) is 32.6 Å². The predicted molar refractivity (Wildman–Crippen MR) is 57.5 cm³/mol. The van der Waals surface area contributed by atoms with Crippen LogP contribution in [0.5, 0.6) is 0 Å². The molecule has 102 valence electrons. The first-order chi connectivity index (χ1) is 7.77. The molecule has 0 aromatic heterocycles. The van der Waals surface area contributed by atoms with Crippen molar-refractivity contribution in [1.82, 2.24) is 0 Å². The third-order valence-electron chi connectivity index (χ3n) is 2.07. The van der Waals surface area contributed by atoms with Crippen LogP contribution >= 0.6 is 11.8 Å². The molecular weight excluding hydrogens is 263 g/mol. The highest BCUT2D eigenvalue weighted by molar-refractivity contribution is 8.13. The molecule has 0 aromatic rings. The Bertz CT molecular complexity index is 231. The number of carbonyl (C=O) groups is 1. The Kier molecular flexibility index (Phi) is 7.74. The van der Waals surface area contributed by atoms with E-state index in [1.165, 1.54) is 0 Å². The van der Waals surface area contributed by atoms with Crippen LogP contribution in [0.25, 0.3) is 0 Å². The molecule has 0 heterocycles. The molecule has 1 nitrogen and oxygen atoms in total. The van der Waals surface area contributed by atoms with E-state index in [-0.39, 0.29) is 17.3 Å². The van der Waals surface area contributed by atoms with Crippen molar-refractivity contribution in [3.05, 3.63) is 0 Å². The fourth-order valence-electron chi connectivity index (χ4n) is 1.04. The van der Waals surface area contributed by atoms with Gasteiger partial charge in [-0.05, 0) is 19.3 Å². The number of hydrogen-bond acceptors (Lipinski definition) is 2. The molecule has 0 saturated carbocycles. The van der Waals surface area contributed by atoms with Gasteiger partial charge in [0.05, 0.1) is 0 Å². The highest BCUT2D eigenvalue weighted by Gasteiger charge is 2.39. The predicted octanol–water partition coefficient (Wildman–Crippen LogP) is 4.07. The number of rotatable bonds is 7. The van der Waals surface area contributed by atoms with Crippen molar-refractivity contribution >= 4 is 16.9 Å². The van der Waals surface area contributed by atoms with Gasteiger partial charge in [0.1, 0.15) is 6.17 Å². The zero-order valence-electron chi connectivity index (χ0n) is 9.40. The Morgan fingerprint density at radius 3 is 2.24 bits per heavy atom. The first-order valence-corrected chi connectivity index (χ1v) is 6.26. The summed E-state index contributed by atoms with van der Waals surface area (Å²) in [7, 11) is 0. The molecule has 2 atom stereocenters. The molecule has 0 aliphatic rings. The van der Waals surface area contributed by atoms with Crippen LogP contribution in [-0.2, 0) is 4.79 Å². The zero-order valence-corrected chi connectivity index (χ0v) is 10.2. The smallest absolute Gasteiger partial charge is 0.287 e. The summed E-state index contributed by atoms with van der Waals surface area (Å²) in [5, 5.41) is -0.0872. The summed E-state index contributed by atoms with van der Waals surface area (Å²) in [6.45, 7) is 1.67. The van der Waals surface area contributed by atoms with Crippen LogP contribution in [0.4, 0.5) is 22.0 Å². The van der Waals surface area contributed by atoms with Crippen molar-refractivity contribution in [3.8, 4) is 0 Å². The van der Waals surface area contributed by atoms with Crippen LogP contribution in [0.3, 0.4) is 0 Å². The van der Waals surface area contributed by atoms with Gasteiger partial charge >= 0.3 is 6.18 Å². The van der Waals surface area contributed by atoms with Gasteiger partial charge in [0.15, 0.2) is 11.3 Å². The molecule has 0 spiro atoms. The maximum atomic E-state index is 13.0. The minimum atomic E-state index is -4.91. The lowest BCUT2D eigenvalue weighted by Crippen LogP contribution is -2.25. The second kappa shape index (κ2) is 7.89. The second-order valence-electron chi connectivity index (χ2n) is 3.55. The average Bonchev–Trinajstić information content (AvgIpc) is 2.24. The summed E-state index contributed by atoms with van der Waals surface area (Å²) in [6.07, 6.45) is -10.4. The molecule has 0 amide bonds. The van der Waals surface area contributed by atoms with E-state index in [2.05, 4.69) is 0 Å². The third-order valence-corrected chi connectivity index (χ3v) is 3.12. The Morgan fingerprint density at radius 2 is 1.76 bits per heavy atom. The lowest BCUT2D eigenvalue weighted by molar-refractivity contribution is -0.182. The van der Waals surface area contributed by atoms with Gasteiger partial charge in [0, 0.05) is 12.2 Å². The third kappa shape index (κ3) is 8.40. The number of alkyl halides is 5. The maximum absolute atomic E-state index is 13.0. The molecule has 17 heavy (non-hydrogen) atoms. The van der Waals surface area contributed by atoms with E-state index in [0.717, 1.165) is 11.8 Å². The van der Waals surface area contributed by atoms with Gasteiger partial charge < -0.3 is 0 Å². The summed E-state index contributed by atoms with van der Waals surface area (Å²) >= 11 is 0.950. The van der Waals surface area contributed by atoms with Gasteiger partial charge in [0.2, 0.25) is 0 Å². The SMILES string of the molecule is CCC(=O)SCCC(F)CCC(F)C(F)(F)F. The van der Waals surface area contributed by atoms with Crippen LogP contribution in [0.2, 0.25) is 0 Å². The van der Waals surface area contributed by atoms with Crippen LogP contribution in [0, 0.1) is 0 Å². The molecule has 0 fully saturated rings. The number of halogens is 5. The fourth-order valence-corrected chi connectivity index (χ4v) is 1.84. The highest BCUT2D eigenvalue weighted by Crippen LogP contribution is 2.27. The second-order valence-corrected chi connectivity index (χ2v) is 4.70. The summed E-state index contributed by atoms with van der Waals surface area (Å²) in [6, 6.07) is 0. The molecule has 0 bridgehead atoms. The Hall–Kier alpha value is -0.330. The molecule has 0 saturated heterocycles. The number of carbonyl (C=O) groups excluding carboxylic acids is 1. The van der Waals surface area contributed by atoms with E-state index in [0.29, 0.717) is 6.42 Å². The molecular formula is C10H15F5OS. The Balaban J connectivity index is 3.66. The minimum absolute atomic E-state index is 0.0268. The number of thioether (sulfide) groups is 1. The molecule has 7 heteroatoms. The monoisotopic (exact) mass is 278 g/mol. The van der Waals surface area contributed by atoms with Crippen molar-refractivity contribution in [2.75, 3.05) is 5.75 Å². The molecule has 0 aliphatic heterocycles. The van der Waals surface area contributed by atoms with Gasteiger partial charge in [-0.15, -0.1) is 0 Å². The van der Waals surface area contributed by atoms with E-state index >= 15 is 0 Å². The van der Waals surface area contributed by atoms with Gasteiger partial charge in [-0.3, -0.25) is 4.79 Å². The Labute approximate surface area is 101 Å². The Morgan fingerprint density at radius 1 is 1.18 bits per heavy atom. The lowest BCUT2D eigenvalue weighted by atomic mass is 10.1. The lowest BCUT2D eigenvalue weighted by Gasteiger charge is -2.13. The van der Waals surface area contributed by atoms with E-state index < -0.39 is 31.4 Å². The van der Waals surface area contributed by atoms with E-state index in [1.807, 2.05) is 0 Å². The maximum Gasteiger partial charge on any atom is 0.419 e. The minimum Gasteiger partial charge on any atom is -0.287 e. The van der Waals surface area contributed by atoms with Gasteiger partial charge in [-0.1, -0.05) is 18.7 Å². The van der Waals surface area contributed by atoms with Crippen molar-refractivity contribution in [3.63, 3.8) is 0 Å². The topological polar surface area (TPSA) is 17.1 Å². The standard InChI is InChI=1S/C10H15F5OS/c1-2-9(16)17-6-5-7(11)3-4-8(12)10(13,14)15/h7-8H,2-6H2,1H3. The van der Waals surface area contributed by atoms with Crippen LogP contribution in [0.15, 0.2) is 0 Å².